The molecule has 0 radical (unpaired) electrons. The molecular formula is C8H19O2P. The fraction of sp³-hybridized carbons (Fsp3) is 1.00. The lowest BCUT2D eigenvalue weighted by atomic mass is 10.4. The predicted octanol–water partition coefficient (Wildman–Crippen LogP) is 3.12. The van der Waals surface area contributed by atoms with Crippen molar-refractivity contribution >= 4 is 7.37 Å². The van der Waals surface area contributed by atoms with E-state index in [2.05, 4.69) is 6.92 Å². The van der Waals surface area contributed by atoms with E-state index < -0.39 is 7.37 Å². The topological polar surface area (TPSA) is 26.3 Å². The van der Waals surface area contributed by atoms with Gasteiger partial charge in [0, 0.05) is 12.3 Å². The van der Waals surface area contributed by atoms with E-state index in [4.69, 9.17) is 4.52 Å². The van der Waals surface area contributed by atoms with Crippen molar-refractivity contribution in [2.24, 2.45) is 0 Å². The molecule has 0 saturated heterocycles. The van der Waals surface area contributed by atoms with Crippen molar-refractivity contribution in [1.29, 1.82) is 0 Å². The molecule has 0 amide bonds. The van der Waals surface area contributed by atoms with Crippen molar-refractivity contribution in [3.05, 3.63) is 0 Å². The summed E-state index contributed by atoms with van der Waals surface area (Å²) in [6.07, 6.45) is 3.55. The average molecular weight is 178 g/mol. The minimum Gasteiger partial charge on any atom is -0.329 e. The van der Waals surface area contributed by atoms with E-state index in [0.29, 0.717) is 12.8 Å². The summed E-state index contributed by atoms with van der Waals surface area (Å²) in [7, 11) is -2.22. The molecular weight excluding hydrogens is 159 g/mol. The zero-order valence-corrected chi connectivity index (χ0v) is 8.69. The highest BCUT2D eigenvalue weighted by Gasteiger charge is 2.17. The lowest BCUT2D eigenvalue weighted by Crippen LogP contribution is -1.97. The van der Waals surface area contributed by atoms with Crippen LogP contribution in [0.1, 0.15) is 33.6 Å². The van der Waals surface area contributed by atoms with Gasteiger partial charge in [-0.3, -0.25) is 4.57 Å². The first-order chi connectivity index (χ1) is 5.18. The fourth-order valence-electron chi connectivity index (χ4n) is 0.948. The molecule has 0 aromatic rings. The summed E-state index contributed by atoms with van der Waals surface area (Å²) in [4.78, 5) is 0. The Morgan fingerprint density at radius 1 is 1.27 bits per heavy atom. The zero-order chi connectivity index (χ0) is 8.74. The molecule has 3 heteroatoms. The third kappa shape index (κ3) is 4.60. The molecule has 0 N–H and O–H groups in total. The first-order valence-electron chi connectivity index (χ1n) is 4.41. The summed E-state index contributed by atoms with van der Waals surface area (Å²) in [5.41, 5.74) is 0. The van der Waals surface area contributed by atoms with Gasteiger partial charge in [0.1, 0.15) is 0 Å². The Kier molecular flexibility index (Phi) is 5.89. The predicted molar refractivity (Wildman–Crippen MR) is 49.5 cm³/mol. The van der Waals surface area contributed by atoms with Crippen molar-refractivity contribution in [3.8, 4) is 0 Å². The van der Waals surface area contributed by atoms with Gasteiger partial charge in [0.2, 0.25) is 7.37 Å². The summed E-state index contributed by atoms with van der Waals surface area (Å²) in [5.74, 6) is 0. The van der Waals surface area contributed by atoms with E-state index in [0.717, 1.165) is 19.0 Å². The molecule has 0 fully saturated rings. The second kappa shape index (κ2) is 5.79. The average Bonchev–Trinajstić information content (AvgIpc) is 2.02. The highest BCUT2D eigenvalue weighted by Crippen LogP contribution is 2.46. The van der Waals surface area contributed by atoms with Gasteiger partial charge in [0.25, 0.3) is 0 Å². The lowest BCUT2D eigenvalue weighted by Gasteiger charge is -2.14. The number of hydrogen-bond acceptors (Lipinski definition) is 2. The normalized spacial score (nSPS) is 16.3. The molecule has 0 aliphatic carbocycles. The van der Waals surface area contributed by atoms with Crippen LogP contribution in [0.25, 0.3) is 0 Å². The first kappa shape index (κ1) is 11.2. The van der Waals surface area contributed by atoms with Gasteiger partial charge in [-0.2, -0.15) is 0 Å². The largest absolute Gasteiger partial charge is 0.329 e. The monoisotopic (exact) mass is 178 g/mol. The van der Waals surface area contributed by atoms with E-state index >= 15 is 0 Å². The Labute approximate surface area is 69.8 Å². The molecule has 68 valence electrons. The Bertz CT molecular complexity index is 134. The van der Waals surface area contributed by atoms with Crippen molar-refractivity contribution in [1.82, 2.24) is 0 Å². The van der Waals surface area contributed by atoms with Gasteiger partial charge in [0.15, 0.2) is 0 Å². The first-order valence-corrected chi connectivity index (χ1v) is 6.40. The van der Waals surface area contributed by atoms with Gasteiger partial charge in [-0.25, -0.2) is 0 Å². The highest BCUT2D eigenvalue weighted by molar-refractivity contribution is 7.58. The van der Waals surface area contributed by atoms with Crippen molar-refractivity contribution in [3.63, 3.8) is 0 Å². The summed E-state index contributed by atoms with van der Waals surface area (Å²) >= 11 is 0. The summed E-state index contributed by atoms with van der Waals surface area (Å²) in [6, 6.07) is 0. The van der Waals surface area contributed by atoms with Gasteiger partial charge < -0.3 is 4.52 Å². The molecule has 0 aromatic heterocycles. The van der Waals surface area contributed by atoms with E-state index in [1.807, 2.05) is 13.8 Å². The van der Waals surface area contributed by atoms with Crippen LogP contribution in [0.2, 0.25) is 0 Å². The Hall–Kier alpha value is 0.190. The minimum absolute atomic E-state index is 0.578. The van der Waals surface area contributed by atoms with Crippen LogP contribution in [0.3, 0.4) is 0 Å². The third-order valence-corrected chi connectivity index (χ3v) is 4.39. The second-order valence-corrected chi connectivity index (χ2v) is 5.59. The maximum Gasteiger partial charge on any atom is 0.202 e. The van der Waals surface area contributed by atoms with Crippen LogP contribution in [0.5, 0.6) is 0 Å². The smallest absolute Gasteiger partial charge is 0.202 e. The van der Waals surface area contributed by atoms with Gasteiger partial charge >= 0.3 is 0 Å². The number of hydrogen-bond donors (Lipinski definition) is 0. The quantitative estimate of drug-likeness (QED) is 0.584. The summed E-state index contributed by atoms with van der Waals surface area (Å²) in [6.45, 7) is 6.52. The van der Waals surface area contributed by atoms with Crippen molar-refractivity contribution < 1.29 is 9.09 Å². The minimum atomic E-state index is -2.22. The summed E-state index contributed by atoms with van der Waals surface area (Å²) < 4.78 is 17.0. The van der Waals surface area contributed by atoms with Crippen LogP contribution in [0.4, 0.5) is 0 Å². The van der Waals surface area contributed by atoms with Gasteiger partial charge in [-0.05, 0) is 13.3 Å². The molecule has 1 unspecified atom stereocenters. The molecule has 0 heterocycles. The highest BCUT2D eigenvalue weighted by atomic mass is 31.2. The fourth-order valence-corrected chi connectivity index (χ4v) is 2.84. The Morgan fingerprint density at radius 3 is 2.27 bits per heavy atom. The molecule has 0 aliphatic rings. The Balaban J connectivity index is 3.79. The van der Waals surface area contributed by atoms with Crippen LogP contribution >= 0.6 is 7.37 Å². The second-order valence-electron chi connectivity index (χ2n) is 2.63. The van der Waals surface area contributed by atoms with Crippen LogP contribution in [-0.4, -0.2) is 18.9 Å². The van der Waals surface area contributed by atoms with Crippen LogP contribution < -0.4 is 0 Å². The van der Waals surface area contributed by atoms with Crippen LogP contribution in [-0.2, 0) is 9.09 Å². The molecule has 0 rings (SSSR count). The molecule has 0 bridgehead atoms. The van der Waals surface area contributed by atoms with Crippen molar-refractivity contribution in [2.75, 3.05) is 18.9 Å². The summed E-state index contributed by atoms with van der Waals surface area (Å²) in [5, 5.41) is 0. The van der Waals surface area contributed by atoms with Gasteiger partial charge in [-0.1, -0.05) is 20.3 Å². The Morgan fingerprint density at radius 2 is 1.91 bits per heavy atom. The SMILES string of the molecule is CCCCP(=O)(CC)OCC. The number of unbranched alkanes of at least 4 members (excludes halogenated alkanes) is 1. The molecule has 11 heavy (non-hydrogen) atoms. The molecule has 1 atom stereocenters. The zero-order valence-electron chi connectivity index (χ0n) is 7.80. The molecule has 0 aromatic carbocycles. The van der Waals surface area contributed by atoms with Crippen LogP contribution in [0.15, 0.2) is 0 Å². The molecule has 0 aliphatic heterocycles. The van der Waals surface area contributed by atoms with Gasteiger partial charge in [0.05, 0.1) is 6.61 Å². The van der Waals surface area contributed by atoms with E-state index in [-0.39, 0.29) is 0 Å². The number of rotatable bonds is 6. The van der Waals surface area contributed by atoms with E-state index in [1.165, 1.54) is 0 Å². The van der Waals surface area contributed by atoms with Crippen molar-refractivity contribution in [2.45, 2.75) is 33.6 Å². The standard InChI is InChI=1S/C8H19O2P/c1-4-7-8-11(9,6-3)10-5-2/h4-8H2,1-3H3. The van der Waals surface area contributed by atoms with E-state index in [1.54, 1.807) is 0 Å². The molecule has 2 nitrogen and oxygen atoms in total. The van der Waals surface area contributed by atoms with Gasteiger partial charge in [-0.15, -0.1) is 0 Å². The maximum absolute atomic E-state index is 11.7. The maximum atomic E-state index is 11.7. The third-order valence-electron chi connectivity index (χ3n) is 1.70. The molecule has 0 saturated carbocycles. The lowest BCUT2D eigenvalue weighted by molar-refractivity contribution is 0.333. The van der Waals surface area contributed by atoms with Crippen LogP contribution in [0, 0.1) is 0 Å². The molecule has 0 spiro atoms. The van der Waals surface area contributed by atoms with E-state index in [9.17, 15) is 4.57 Å².